The van der Waals surface area contributed by atoms with Gasteiger partial charge in [0.1, 0.15) is 5.60 Å². The first kappa shape index (κ1) is 16.8. The van der Waals surface area contributed by atoms with Gasteiger partial charge >= 0.3 is 6.09 Å². The second-order valence-electron chi connectivity index (χ2n) is 7.05. The molecule has 6 heteroatoms. The SMILES string of the molecule is CC(NCC1CCN(C(=O)OC(C)(C)C)CC1)c1ccn[nH]1. The second kappa shape index (κ2) is 7.13. The third-order valence-electron chi connectivity index (χ3n) is 3.97. The molecule has 0 spiro atoms. The van der Waals surface area contributed by atoms with Crippen LogP contribution in [-0.2, 0) is 4.74 Å². The highest BCUT2D eigenvalue weighted by atomic mass is 16.6. The summed E-state index contributed by atoms with van der Waals surface area (Å²) in [4.78, 5) is 13.8. The van der Waals surface area contributed by atoms with Gasteiger partial charge < -0.3 is 15.0 Å². The van der Waals surface area contributed by atoms with Gasteiger partial charge in [-0.2, -0.15) is 5.10 Å². The molecule has 0 saturated carbocycles. The number of aromatic amines is 1. The Morgan fingerprint density at radius 3 is 2.73 bits per heavy atom. The zero-order chi connectivity index (χ0) is 16.2. The number of hydrogen-bond donors (Lipinski definition) is 2. The predicted octanol–water partition coefficient (Wildman–Crippen LogP) is 2.71. The van der Waals surface area contributed by atoms with E-state index in [9.17, 15) is 4.79 Å². The Labute approximate surface area is 132 Å². The van der Waals surface area contributed by atoms with E-state index < -0.39 is 5.60 Å². The fraction of sp³-hybridized carbons (Fsp3) is 0.750. The van der Waals surface area contributed by atoms with Crippen LogP contribution in [-0.4, -0.2) is 46.4 Å². The van der Waals surface area contributed by atoms with Crippen molar-refractivity contribution in [3.8, 4) is 0 Å². The molecule has 0 bridgehead atoms. The van der Waals surface area contributed by atoms with Crippen LogP contribution in [0, 0.1) is 5.92 Å². The topological polar surface area (TPSA) is 70.2 Å². The van der Waals surface area contributed by atoms with Crippen molar-refractivity contribution in [2.24, 2.45) is 5.92 Å². The van der Waals surface area contributed by atoms with Gasteiger partial charge in [-0.05, 0) is 59.1 Å². The molecule has 124 valence electrons. The van der Waals surface area contributed by atoms with Crippen molar-refractivity contribution in [3.05, 3.63) is 18.0 Å². The minimum Gasteiger partial charge on any atom is -0.444 e. The predicted molar refractivity (Wildman–Crippen MR) is 85.5 cm³/mol. The first-order valence-electron chi connectivity index (χ1n) is 8.06. The number of hydrogen-bond acceptors (Lipinski definition) is 4. The number of carbonyl (C=O) groups is 1. The number of ether oxygens (including phenoxy) is 1. The third kappa shape index (κ3) is 5.02. The molecule has 6 nitrogen and oxygen atoms in total. The summed E-state index contributed by atoms with van der Waals surface area (Å²) in [6, 6.07) is 2.26. The summed E-state index contributed by atoms with van der Waals surface area (Å²) in [6.07, 6.45) is 3.61. The molecule has 2 N–H and O–H groups in total. The Balaban J connectivity index is 1.70. The van der Waals surface area contributed by atoms with Crippen LogP contribution in [0.4, 0.5) is 4.79 Å². The van der Waals surface area contributed by atoms with Gasteiger partial charge in [-0.3, -0.25) is 5.10 Å². The summed E-state index contributed by atoms with van der Waals surface area (Å²) in [7, 11) is 0. The standard InChI is InChI=1S/C16H28N4O2/c1-12(14-5-8-18-19-14)17-11-13-6-9-20(10-7-13)15(21)22-16(2,3)4/h5,8,12-13,17H,6-7,9-11H2,1-4H3,(H,18,19). The quantitative estimate of drug-likeness (QED) is 0.897. The monoisotopic (exact) mass is 308 g/mol. The molecule has 0 aromatic carbocycles. The van der Waals surface area contributed by atoms with Crippen LogP contribution < -0.4 is 5.32 Å². The van der Waals surface area contributed by atoms with Crippen LogP contribution in [0.25, 0.3) is 0 Å². The molecular weight excluding hydrogens is 280 g/mol. The third-order valence-corrected chi connectivity index (χ3v) is 3.97. The molecule has 22 heavy (non-hydrogen) atoms. The number of piperidine rings is 1. The number of amides is 1. The van der Waals surface area contributed by atoms with Crippen LogP contribution in [0.1, 0.15) is 52.3 Å². The molecule has 1 aromatic heterocycles. The summed E-state index contributed by atoms with van der Waals surface area (Å²) < 4.78 is 5.42. The number of H-pyrrole nitrogens is 1. The first-order valence-corrected chi connectivity index (χ1v) is 8.06. The number of aromatic nitrogens is 2. The van der Waals surface area contributed by atoms with E-state index in [4.69, 9.17) is 4.74 Å². The van der Waals surface area contributed by atoms with Gasteiger partial charge in [-0.1, -0.05) is 0 Å². The Bertz CT molecular complexity index is 459. The Hall–Kier alpha value is -1.56. The van der Waals surface area contributed by atoms with E-state index in [1.54, 1.807) is 6.20 Å². The van der Waals surface area contributed by atoms with Crippen LogP contribution in [0.2, 0.25) is 0 Å². The minimum atomic E-state index is -0.422. The highest BCUT2D eigenvalue weighted by Gasteiger charge is 2.26. The normalized spacial score (nSPS) is 18.3. The van der Waals surface area contributed by atoms with Crippen LogP contribution in [0.5, 0.6) is 0 Å². The average molecular weight is 308 g/mol. The fourth-order valence-electron chi connectivity index (χ4n) is 2.61. The van der Waals surface area contributed by atoms with Crippen molar-refractivity contribution in [2.45, 2.75) is 52.2 Å². The van der Waals surface area contributed by atoms with Gasteiger partial charge in [-0.15, -0.1) is 0 Å². The van der Waals surface area contributed by atoms with Crippen molar-refractivity contribution in [1.82, 2.24) is 20.4 Å². The molecule has 1 atom stereocenters. The molecule has 1 saturated heterocycles. The summed E-state index contributed by atoms with van der Waals surface area (Å²) >= 11 is 0. The maximum atomic E-state index is 12.0. The summed E-state index contributed by atoms with van der Waals surface area (Å²) in [6.45, 7) is 10.3. The molecule has 1 aliphatic rings. The number of likely N-dealkylation sites (tertiary alicyclic amines) is 1. The minimum absolute atomic E-state index is 0.190. The van der Waals surface area contributed by atoms with Crippen LogP contribution in [0.15, 0.2) is 12.3 Å². The second-order valence-corrected chi connectivity index (χ2v) is 7.05. The molecule has 1 aromatic rings. The zero-order valence-electron chi connectivity index (χ0n) is 14.1. The van der Waals surface area contributed by atoms with Gasteiger partial charge in [0.2, 0.25) is 0 Å². The molecule has 0 radical (unpaired) electrons. The Morgan fingerprint density at radius 2 is 2.18 bits per heavy atom. The molecule has 1 aliphatic heterocycles. The number of rotatable bonds is 4. The largest absolute Gasteiger partial charge is 0.444 e. The van der Waals surface area contributed by atoms with Crippen LogP contribution in [0.3, 0.4) is 0 Å². The van der Waals surface area contributed by atoms with E-state index in [0.29, 0.717) is 5.92 Å². The number of carbonyl (C=O) groups excluding carboxylic acids is 1. The molecule has 0 aliphatic carbocycles. The maximum Gasteiger partial charge on any atom is 0.410 e. The van der Waals surface area contributed by atoms with Crippen LogP contribution >= 0.6 is 0 Å². The maximum absolute atomic E-state index is 12.0. The molecular formula is C16H28N4O2. The summed E-state index contributed by atoms with van der Waals surface area (Å²) in [5, 5.41) is 10.5. The van der Waals surface area contributed by atoms with Crippen molar-refractivity contribution in [1.29, 1.82) is 0 Å². The summed E-state index contributed by atoms with van der Waals surface area (Å²) in [5.74, 6) is 0.601. The lowest BCUT2D eigenvalue weighted by Gasteiger charge is -2.33. The average Bonchev–Trinajstić information content (AvgIpc) is 2.97. The number of nitrogens with zero attached hydrogens (tertiary/aromatic N) is 2. The van der Waals surface area contributed by atoms with Crippen molar-refractivity contribution in [3.63, 3.8) is 0 Å². The van der Waals surface area contributed by atoms with Gasteiger partial charge in [0.05, 0.1) is 5.69 Å². The molecule has 1 amide bonds. The molecule has 1 fully saturated rings. The molecule has 1 unspecified atom stereocenters. The van der Waals surface area contributed by atoms with Gasteiger partial charge in [0.25, 0.3) is 0 Å². The number of nitrogens with one attached hydrogen (secondary N) is 2. The van der Waals surface area contributed by atoms with Crippen molar-refractivity contribution in [2.75, 3.05) is 19.6 Å². The van der Waals surface area contributed by atoms with E-state index in [1.165, 1.54) is 0 Å². The van der Waals surface area contributed by atoms with Crippen molar-refractivity contribution >= 4 is 6.09 Å². The van der Waals surface area contributed by atoms with E-state index in [1.807, 2.05) is 31.7 Å². The first-order chi connectivity index (χ1) is 10.3. The Morgan fingerprint density at radius 1 is 1.50 bits per heavy atom. The lowest BCUT2D eigenvalue weighted by Crippen LogP contribution is -2.43. The highest BCUT2D eigenvalue weighted by Crippen LogP contribution is 2.20. The van der Waals surface area contributed by atoms with Gasteiger partial charge in [0.15, 0.2) is 0 Å². The van der Waals surface area contributed by atoms with Gasteiger partial charge in [-0.25, -0.2) is 4.79 Å². The lowest BCUT2D eigenvalue weighted by atomic mass is 9.96. The van der Waals surface area contributed by atoms with E-state index in [2.05, 4.69) is 22.4 Å². The smallest absolute Gasteiger partial charge is 0.410 e. The fourth-order valence-corrected chi connectivity index (χ4v) is 2.61. The van der Waals surface area contributed by atoms with Gasteiger partial charge in [0, 0.05) is 25.3 Å². The highest BCUT2D eigenvalue weighted by molar-refractivity contribution is 5.68. The van der Waals surface area contributed by atoms with E-state index in [0.717, 1.165) is 38.2 Å². The van der Waals surface area contributed by atoms with E-state index >= 15 is 0 Å². The Kier molecular flexibility index (Phi) is 5.45. The van der Waals surface area contributed by atoms with E-state index in [-0.39, 0.29) is 12.1 Å². The lowest BCUT2D eigenvalue weighted by molar-refractivity contribution is 0.0183. The molecule has 2 rings (SSSR count). The molecule has 2 heterocycles. The zero-order valence-corrected chi connectivity index (χ0v) is 14.1. The van der Waals surface area contributed by atoms with Crippen molar-refractivity contribution < 1.29 is 9.53 Å². The summed E-state index contributed by atoms with van der Waals surface area (Å²) in [5.41, 5.74) is 0.681.